The highest BCUT2D eigenvalue weighted by Gasteiger charge is 2.19. The summed E-state index contributed by atoms with van der Waals surface area (Å²) in [7, 11) is 0. The number of ketones is 1. The van der Waals surface area contributed by atoms with Crippen LogP contribution in [0.4, 0.5) is 0 Å². The normalized spacial score (nSPS) is 12.5. The quantitative estimate of drug-likeness (QED) is 0.547. The topological polar surface area (TPSA) is 47.3 Å². The molecule has 2 heterocycles. The van der Waals surface area contributed by atoms with Gasteiger partial charge < -0.3 is 0 Å². The van der Waals surface area contributed by atoms with Crippen LogP contribution in [0.5, 0.6) is 0 Å². The highest BCUT2D eigenvalue weighted by Crippen LogP contribution is 2.24. The van der Waals surface area contributed by atoms with Gasteiger partial charge in [0.2, 0.25) is 0 Å². The fourth-order valence-corrected chi connectivity index (χ4v) is 2.98. The Labute approximate surface area is 127 Å². The molecule has 1 aromatic carbocycles. The first-order valence-electron chi connectivity index (χ1n) is 6.72. The Morgan fingerprint density at radius 2 is 1.90 bits per heavy atom. The monoisotopic (exact) mass is 297 g/mol. The molecule has 4 nitrogen and oxygen atoms in total. The van der Waals surface area contributed by atoms with Crippen molar-refractivity contribution in [3.63, 3.8) is 0 Å². The number of pyridine rings is 1. The fraction of sp³-hybridized carbons (Fsp3) is 0.188. The van der Waals surface area contributed by atoms with Crippen LogP contribution in [0.2, 0.25) is 0 Å². The molecule has 0 radical (unpaired) electrons. The van der Waals surface area contributed by atoms with Crippen molar-refractivity contribution in [3.8, 4) is 0 Å². The Morgan fingerprint density at radius 1 is 1.14 bits per heavy atom. The molecule has 1 atom stereocenters. The summed E-state index contributed by atoms with van der Waals surface area (Å²) >= 11 is 1.43. The van der Waals surface area contributed by atoms with Crippen molar-refractivity contribution in [3.05, 3.63) is 59.8 Å². The molecule has 21 heavy (non-hydrogen) atoms. The Bertz CT molecular complexity index is 780. The standard InChI is InChI=1S/C16H15N3OS/c1-11-6-8-13(9-7-11)15(20)12(2)21-16-18-17-14-5-3-4-10-19(14)16/h3-10,12H,1-2H3/t12-/m0/s1. The minimum atomic E-state index is -0.208. The number of aromatic nitrogens is 3. The van der Waals surface area contributed by atoms with Crippen LogP contribution in [0.3, 0.4) is 0 Å². The Balaban J connectivity index is 1.81. The number of nitrogens with zero attached hydrogens (tertiary/aromatic N) is 3. The van der Waals surface area contributed by atoms with Gasteiger partial charge in [0.15, 0.2) is 16.6 Å². The van der Waals surface area contributed by atoms with E-state index in [0.717, 1.165) is 21.9 Å². The van der Waals surface area contributed by atoms with E-state index in [9.17, 15) is 4.79 Å². The largest absolute Gasteiger partial charge is 0.293 e. The van der Waals surface area contributed by atoms with E-state index in [2.05, 4.69) is 10.2 Å². The molecule has 0 unspecified atom stereocenters. The minimum absolute atomic E-state index is 0.104. The van der Waals surface area contributed by atoms with Crippen molar-refractivity contribution in [2.75, 3.05) is 0 Å². The first-order chi connectivity index (χ1) is 10.1. The van der Waals surface area contributed by atoms with Gasteiger partial charge in [-0.2, -0.15) is 0 Å². The molecular formula is C16H15N3OS. The number of hydrogen-bond donors (Lipinski definition) is 0. The molecule has 0 bridgehead atoms. The van der Waals surface area contributed by atoms with Crippen LogP contribution in [0.25, 0.3) is 5.65 Å². The average Bonchev–Trinajstić information content (AvgIpc) is 2.91. The lowest BCUT2D eigenvalue weighted by molar-refractivity contribution is 0.0994. The Morgan fingerprint density at radius 3 is 2.67 bits per heavy atom. The number of carbonyl (C=O) groups is 1. The number of aryl methyl sites for hydroxylation is 1. The van der Waals surface area contributed by atoms with Crippen molar-refractivity contribution in [1.29, 1.82) is 0 Å². The van der Waals surface area contributed by atoms with Crippen molar-refractivity contribution in [1.82, 2.24) is 14.6 Å². The Hall–Kier alpha value is -2.14. The molecule has 0 aliphatic heterocycles. The van der Waals surface area contributed by atoms with Crippen LogP contribution in [-0.2, 0) is 0 Å². The van der Waals surface area contributed by atoms with E-state index >= 15 is 0 Å². The summed E-state index contributed by atoms with van der Waals surface area (Å²) in [5.41, 5.74) is 2.67. The maximum absolute atomic E-state index is 12.4. The highest BCUT2D eigenvalue weighted by atomic mass is 32.2. The smallest absolute Gasteiger partial charge is 0.196 e. The lowest BCUT2D eigenvalue weighted by atomic mass is 10.1. The molecule has 0 saturated carbocycles. The van der Waals surface area contributed by atoms with Gasteiger partial charge in [0.05, 0.1) is 5.25 Å². The third-order valence-corrected chi connectivity index (χ3v) is 4.33. The van der Waals surface area contributed by atoms with E-state index in [1.807, 2.05) is 66.9 Å². The number of fused-ring (bicyclic) bond motifs is 1. The molecule has 0 amide bonds. The number of rotatable bonds is 4. The Kier molecular flexibility index (Phi) is 3.75. The number of Topliss-reactive ketones (excluding diaryl/α,β-unsaturated/α-hetero) is 1. The van der Waals surface area contributed by atoms with Gasteiger partial charge in [-0.05, 0) is 26.0 Å². The van der Waals surface area contributed by atoms with E-state index < -0.39 is 0 Å². The van der Waals surface area contributed by atoms with Crippen LogP contribution in [0.1, 0.15) is 22.8 Å². The molecule has 5 heteroatoms. The zero-order valence-electron chi connectivity index (χ0n) is 11.9. The lowest BCUT2D eigenvalue weighted by Crippen LogP contribution is -2.14. The first kappa shape index (κ1) is 13.8. The van der Waals surface area contributed by atoms with Crippen molar-refractivity contribution < 1.29 is 4.79 Å². The maximum atomic E-state index is 12.4. The summed E-state index contributed by atoms with van der Waals surface area (Å²) in [5.74, 6) is 0.104. The van der Waals surface area contributed by atoms with Crippen LogP contribution >= 0.6 is 11.8 Å². The predicted octanol–water partition coefficient (Wildman–Crippen LogP) is 3.40. The molecule has 2 aromatic heterocycles. The van der Waals surface area contributed by atoms with Gasteiger partial charge >= 0.3 is 0 Å². The van der Waals surface area contributed by atoms with E-state index in [-0.39, 0.29) is 11.0 Å². The number of carbonyl (C=O) groups excluding carboxylic acids is 1. The van der Waals surface area contributed by atoms with Gasteiger partial charge in [0.25, 0.3) is 0 Å². The average molecular weight is 297 g/mol. The summed E-state index contributed by atoms with van der Waals surface area (Å²) in [4.78, 5) is 12.4. The fourth-order valence-electron chi connectivity index (χ4n) is 2.06. The summed E-state index contributed by atoms with van der Waals surface area (Å²) in [6.45, 7) is 3.91. The molecule has 3 rings (SSSR count). The van der Waals surface area contributed by atoms with Crippen LogP contribution in [0.15, 0.2) is 53.8 Å². The second-order valence-corrected chi connectivity index (χ2v) is 6.21. The van der Waals surface area contributed by atoms with Gasteiger partial charge in [-0.1, -0.05) is 47.7 Å². The molecule has 3 aromatic rings. The molecule has 0 aliphatic rings. The van der Waals surface area contributed by atoms with E-state index in [4.69, 9.17) is 0 Å². The van der Waals surface area contributed by atoms with Gasteiger partial charge in [-0.3, -0.25) is 9.20 Å². The molecule has 106 valence electrons. The van der Waals surface area contributed by atoms with Gasteiger partial charge in [-0.15, -0.1) is 10.2 Å². The summed E-state index contributed by atoms with van der Waals surface area (Å²) in [5, 5.41) is 8.77. The minimum Gasteiger partial charge on any atom is -0.293 e. The predicted molar refractivity (Wildman–Crippen MR) is 83.8 cm³/mol. The zero-order valence-corrected chi connectivity index (χ0v) is 12.7. The number of hydrogen-bond acceptors (Lipinski definition) is 4. The van der Waals surface area contributed by atoms with Crippen molar-refractivity contribution in [2.24, 2.45) is 0 Å². The van der Waals surface area contributed by atoms with Crippen molar-refractivity contribution >= 4 is 23.2 Å². The maximum Gasteiger partial charge on any atom is 0.196 e. The third-order valence-electron chi connectivity index (χ3n) is 3.27. The van der Waals surface area contributed by atoms with Crippen LogP contribution in [-0.4, -0.2) is 25.6 Å². The molecule has 0 spiro atoms. The van der Waals surface area contributed by atoms with E-state index in [0.29, 0.717) is 0 Å². The SMILES string of the molecule is Cc1ccc(C(=O)[C@H](C)Sc2nnc3ccccn23)cc1. The van der Waals surface area contributed by atoms with Crippen LogP contribution in [0, 0.1) is 6.92 Å². The first-order valence-corrected chi connectivity index (χ1v) is 7.60. The molecular weight excluding hydrogens is 282 g/mol. The van der Waals surface area contributed by atoms with Crippen molar-refractivity contribution in [2.45, 2.75) is 24.3 Å². The summed E-state index contributed by atoms with van der Waals surface area (Å²) in [6.07, 6.45) is 1.90. The number of thioether (sulfide) groups is 1. The van der Waals surface area contributed by atoms with Gasteiger partial charge in [0.1, 0.15) is 0 Å². The lowest BCUT2D eigenvalue weighted by Gasteiger charge is -2.09. The molecule has 0 N–H and O–H groups in total. The second kappa shape index (κ2) is 5.69. The summed E-state index contributed by atoms with van der Waals surface area (Å²) < 4.78 is 1.89. The van der Waals surface area contributed by atoms with Gasteiger partial charge in [-0.25, -0.2) is 0 Å². The van der Waals surface area contributed by atoms with E-state index in [1.54, 1.807) is 0 Å². The molecule has 0 aliphatic carbocycles. The number of benzene rings is 1. The zero-order chi connectivity index (χ0) is 14.8. The van der Waals surface area contributed by atoms with Crippen LogP contribution < -0.4 is 0 Å². The van der Waals surface area contributed by atoms with Gasteiger partial charge in [0, 0.05) is 11.8 Å². The third kappa shape index (κ3) is 2.83. The second-order valence-electron chi connectivity index (χ2n) is 4.90. The molecule has 0 saturated heterocycles. The van der Waals surface area contributed by atoms with E-state index in [1.165, 1.54) is 11.8 Å². The highest BCUT2D eigenvalue weighted by molar-refractivity contribution is 8.00. The summed E-state index contributed by atoms with van der Waals surface area (Å²) in [6, 6.07) is 13.4. The molecule has 0 fully saturated rings.